The molecule has 1 heterocycles. The van der Waals surface area contributed by atoms with Crippen LogP contribution in [0, 0.1) is 15.9 Å². The number of rotatable bonds is 5. The van der Waals surface area contributed by atoms with E-state index >= 15 is 0 Å². The van der Waals surface area contributed by atoms with E-state index in [2.05, 4.69) is 10.3 Å². The van der Waals surface area contributed by atoms with E-state index < -0.39 is 16.4 Å². The highest BCUT2D eigenvalue weighted by molar-refractivity contribution is 5.36. The number of nitro groups is 1. The van der Waals surface area contributed by atoms with Crippen molar-refractivity contribution in [3.05, 3.63) is 69.8 Å². The van der Waals surface area contributed by atoms with Crippen LogP contribution in [0.5, 0.6) is 0 Å². The largest absolute Gasteiger partial charge is 0.305 e. The highest BCUT2D eigenvalue weighted by Gasteiger charge is 2.17. The Morgan fingerprint density at radius 1 is 1.35 bits per heavy atom. The Balaban J connectivity index is 2.08. The molecule has 6 heteroatoms. The van der Waals surface area contributed by atoms with Crippen molar-refractivity contribution in [1.29, 1.82) is 0 Å². The summed E-state index contributed by atoms with van der Waals surface area (Å²) in [5.41, 5.74) is 0.593. The summed E-state index contributed by atoms with van der Waals surface area (Å²) in [5.74, 6) is -0.793. The van der Waals surface area contributed by atoms with Crippen molar-refractivity contribution in [1.82, 2.24) is 10.3 Å². The van der Waals surface area contributed by atoms with E-state index in [1.807, 2.05) is 25.1 Å². The molecule has 2 rings (SSSR count). The van der Waals surface area contributed by atoms with Gasteiger partial charge in [0.25, 0.3) is 0 Å². The van der Waals surface area contributed by atoms with Gasteiger partial charge in [-0.05, 0) is 19.1 Å². The van der Waals surface area contributed by atoms with Crippen molar-refractivity contribution in [3.8, 4) is 0 Å². The average Bonchev–Trinajstić information content (AvgIpc) is 2.46. The fourth-order valence-electron chi connectivity index (χ4n) is 1.84. The maximum absolute atomic E-state index is 13.9. The number of nitrogens with zero attached hydrogens (tertiary/aromatic N) is 2. The number of aromatic nitrogens is 1. The standard InChI is InChI=1S/C14H14FN3O2/c1-10(12-6-2-3-8-16-12)17-9-11-5-4-7-13(14(11)15)18(19)20/h2-8,10,17H,9H2,1H3. The van der Waals surface area contributed by atoms with Gasteiger partial charge in [0, 0.05) is 30.4 Å². The maximum atomic E-state index is 13.9. The minimum absolute atomic E-state index is 0.0742. The zero-order chi connectivity index (χ0) is 14.5. The van der Waals surface area contributed by atoms with E-state index in [0.29, 0.717) is 0 Å². The summed E-state index contributed by atoms with van der Waals surface area (Å²) in [5, 5.41) is 13.8. The molecule has 20 heavy (non-hydrogen) atoms. The van der Waals surface area contributed by atoms with Crippen LogP contribution in [-0.4, -0.2) is 9.91 Å². The predicted octanol–water partition coefficient (Wildman–Crippen LogP) is 2.98. The van der Waals surface area contributed by atoms with Gasteiger partial charge in [0.15, 0.2) is 0 Å². The smallest absolute Gasteiger partial charge is 0.305 e. The van der Waals surface area contributed by atoms with Crippen LogP contribution >= 0.6 is 0 Å². The molecule has 0 saturated carbocycles. The molecule has 0 bridgehead atoms. The topological polar surface area (TPSA) is 68.1 Å². The van der Waals surface area contributed by atoms with Crippen LogP contribution in [-0.2, 0) is 6.54 Å². The molecule has 0 amide bonds. The van der Waals surface area contributed by atoms with E-state index in [1.54, 1.807) is 6.20 Å². The molecule has 1 unspecified atom stereocenters. The predicted molar refractivity (Wildman–Crippen MR) is 72.5 cm³/mol. The zero-order valence-electron chi connectivity index (χ0n) is 10.9. The van der Waals surface area contributed by atoms with Gasteiger partial charge in [0.1, 0.15) is 0 Å². The Hall–Kier alpha value is -2.34. The number of halogens is 1. The van der Waals surface area contributed by atoms with Crippen molar-refractivity contribution in [3.63, 3.8) is 0 Å². The maximum Gasteiger partial charge on any atom is 0.305 e. The fraction of sp³-hybridized carbons (Fsp3) is 0.214. The lowest BCUT2D eigenvalue weighted by molar-refractivity contribution is -0.387. The van der Waals surface area contributed by atoms with E-state index in [0.717, 1.165) is 11.8 Å². The Morgan fingerprint density at radius 2 is 2.15 bits per heavy atom. The van der Waals surface area contributed by atoms with Gasteiger partial charge in [-0.3, -0.25) is 15.1 Å². The van der Waals surface area contributed by atoms with Gasteiger partial charge < -0.3 is 5.32 Å². The summed E-state index contributed by atoms with van der Waals surface area (Å²) >= 11 is 0. The molecule has 104 valence electrons. The van der Waals surface area contributed by atoms with E-state index in [4.69, 9.17) is 0 Å². The Morgan fingerprint density at radius 3 is 2.80 bits per heavy atom. The first kappa shape index (κ1) is 14.1. The molecule has 2 aromatic rings. The van der Waals surface area contributed by atoms with Gasteiger partial charge in [-0.1, -0.05) is 18.2 Å². The molecule has 0 radical (unpaired) electrons. The number of nitro benzene ring substituents is 1. The minimum atomic E-state index is -0.793. The lowest BCUT2D eigenvalue weighted by Crippen LogP contribution is -2.19. The molecule has 1 atom stereocenters. The molecule has 0 aliphatic rings. The second-order valence-electron chi connectivity index (χ2n) is 4.36. The summed E-state index contributed by atoms with van der Waals surface area (Å²) in [6.07, 6.45) is 1.68. The molecule has 1 aromatic heterocycles. The van der Waals surface area contributed by atoms with Gasteiger partial charge in [-0.2, -0.15) is 4.39 Å². The highest BCUT2D eigenvalue weighted by Crippen LogP contribution is 2.20. The Bertz CT molecular complexity index is 605. The first-order chi connectivity index (χ1) is 9.59. The molecule has 0 fully saturated rings. The third-order valence-electron chi connectivity index (χ3n) is 2.99. The van der Waals surface area contributed by atoms with Crippen LogP contribution < -0.4 is 5.32 Å². The Kier molecular flexibility index (Phi) is 4.37. The van der Waals surface area contributed by atoms with Crippen molar-refractivity contribution >= 4 is 5.69 Å². The van der Waals surface area contributed by atoms with Crippen LogP contribution in [0.1, 0.15) is 24.2 Å². The van der Waals surface area contributed by atoms with Crippen molar-refractivity contribution in [2.45, 2.75) is 19.5 Å². The molecule has 0 aliphatic carbocycles. The lowest BCUT2D eigenvalue weighted by Gasteiger charge is -2.13. The van der Waals surface area contributed by atoms with Crippen LogP contribution in [0.25, 0.3) is 0 Å². The highest BCUT2D eigenvalue weighted by atomic mass is 19.1. The molecule has 0 saturated heterocycles. The van der Waals surface area contributed by atoms with Crippen molar-refractivity contribution in [2.24, 2.45) is 0 Å². The van der Waals surface area contributed by atoms with E-state index in [1.165, 1.54) is 12.1 Å². The number of hydrogen-bond acceptors (Lipinski definition) is 4. The van der Waals surface area contributed by atoms with Crippen molar-refractivity contribution < 1.29 is 9.31 Å². The van der Waals surface area contributed by atoms with Gasteiger partial charge in [0.05, 0.1) is 10.6 Å². The fourth-order valence-corrected chi connectivity index (χ4v) is 1.84. The molecule has 1 N–H and O–H groups in total. The van der Waals surface area contributed by atoms with E-state index in [9.17, 15) is 14.5 Å². The number of hydrogen-bond donors (Lipinski definition) is 1. The van der Waals surface area contributed by atoms with Crippen LogP contribution in [0.2, 0.25) is 0 Å². The summed E-state index contributed by atoms with van der Waals surface area (Å²) in [7, 11) is 0. The van der Waals surface area contributed by atoms with Gasteiger partial charge in [0.2, 0.25) is 5.82 Å². The number of pyridine rings is 1. The van der Waals surface area contributed by atoms with Crippen LogP contribution in [0.15, 0.2) is 42.6 Å². The quantitative estimate of drug-likeness (QED) is 0.672. The summed E-state index contributed by atoms with van der Waals surface area (Å²) in [4.78, 5) is 14.1. The van der Waals surface area contributed by atoms with Gasteiger partial charge in [-0.15, -0.1) is 0 Å². The first-order valence-electron chi connectivity index (χ1n) is 6.15. The molecule has 1 aromatic carbocycles. The second-order valence-corrected chi connectivity index (χ2v) is 4.36. The lowest BCUT2D eigenvalue weighted by atomic mass is 10.1. The average molecular weight is 275 g/mol. The zero-order valence-corrected chi connectivity index (χ0v) is 10.9. The minimum Gasteiger partial charge on any atom is -0.305 e. The summed E-state index contributed by atoms with van der Waals surface area (Å²) < 4.78 is 13.9. The molecular formula is C14H14FN3O2. The SMILES string of the molecule is CC(NCc1cccc([N+](=O)[O-])c1F)c1ccccn1. The first-order valence-corrected chi connectivity index (χ1v) is 6.15. The van der Waals surface area contributed by atoms with Crippen molar-refractivity contribution in [2.75, 3.05) is 0 Å². The molecular weight excluding hydrogens is 261 g/mol. The normalized spacial score (nSPS) is 12.1. The van der Waals surface area contributed by atoms with Crippen LogP contribution in [0.4, 0.5) is 10.1 Å². The summed E-state index contributed by atoms with van der Waals surface area (Å²) in [6, 6.07) is 9.63. The second kappa shape index (κ2) is 6.21. The van der Waals surface area contributed by atoms with Gasteiger partial charge >= 0.3 is 5.69 Å². The third kappa shape index (κ3) is 3.16. The number of benzene rings is 1. The Labute approximate surface area is 115 Å². The molecule has 0 spiro atoms. The third-order valence-corrected chi connectivity index (χ3v) is 2.99. The molecule has 0 aliphatic heterocycles. The number of nitrogens with one attached hydrogen (secondary N) is 1. The van der Waals surface area contributed by atoms with Crippen LogP contribution in [0.3, 0.4) is 0 Å². The van der Waals surface area contributed by atoms with Gasteiger partial charge in [-0.25, -0.2) is 0 Å². The molecule has 5 nitrogen and oxygen atoms in total. The summed E-state index contributed by atoms with van der Waals surface area (Å²) in [6.45, 7) is 2.10. The van der Waals surface area contributed by atoms with E-state index in [-0.39, 0.29) is 18.2 Å². The monoisotopic (exact) mass is 275 g/mol.